The summed E-state index contributed by atoms with van der Waals surface area (Å²) in [4.78, 5) is 0. The summed E-state index contributed by atoms with van der Waals surface area (Å²) in [5.74, 6) is 0. The van der Waals surface area contributed by atoms with E-state index in [0.29, 0.717) is 12.0 Å². The molecule has 1 aliphatic rings. The van der Waals surface area contributed by atoms with Crippen molar-refractivity contribution in [3.8, 4) is 0 Å². The molecule has 0 atom stereocenters. The van der Waals surface area contributed by atoms with Crippen LogP contribution >= 0.6 is 0 Å². The molecule has 17 heavy (non-hydrogen) atoms. The highest BCUT2D eigenvalue weighted by Gasteiger charge is 2.27. The SMILES string of the molecule is CC1(CNCc2cn(CCO)nn2)CCCC1. The van der Waals surface area contributed by atoms with Crippen LogP contribution in [0.25, 0.3) is 0 Å². The largest absolute Gasteiger partial charge is 0.394 e. The number of hydrogen-bond acceptors (Lipinski definition) is 4. The van der Waals surface area contributed by atoms with Gasteiger partial charge in [-0.15, -0.1) is 5.10 Å². The first-order chi connectivity index (χ1) is 8.22. The molecule has 1 aromatic rings. The molecule has 0 spiro atoms. The zero-order valence-electron chi connectivity index (χ0n) is 10.5. The Labute approximate surface area is 102 Å². The van der Waals surface area contributed by atoms with Gasteiger partial charge in [-0.1, -0.05) is 25.0 Å². The quantitative estimate of drug-likeness (QED) is 0.774. The fourth-order valence-corrected chi connectivity index (χ4v) is 2.53. The van der Waals surface area contributed by atoms with Crippen LogP contribution < -0.4 is 5.32 Å². The molecule has 1 saturated carbocycles. The lowest BCUT2D eigenvalue weighted by Gasteiger charge is -2.23. The molecule has 5 nitrogen and oxygen atoms in total. The van der Waals surface area contributed by atoms with E-state index in [1.807, 2.05) is 6.20 Å². The molecular weight excluding hydrogens is 216 g/mol. The van der Waals surface area contributed by atoms with Crippen LogP contribution in [0.4, 0.5) is 0 Å². The minimum absolute atomic E-state index is 0.105. The normalized spacial score (nSPS) is 18.7. The summed E-state index contributed by atoms with van der Waals surface area (Å²) in [6.45, 7) is 4.80. The molecule has 96 valence electrons. The maximum atomic E-state index is 8.78. The van der Waals surface area contributed by atoms with Crippen molar-refractivity contribution in [3.63, 3.8) is 0 Å². The van der Waals surface area contributed by atoms with E-state index in [4.69, 9.17) is 5.11 Å². The molecule has 1 fully saturated rings. The monoisotopic (exact) mass is 238 g/mol. The smallest absolute Gasteiger partial charge is 0.0964 e. The van der Waals surface area contributed by atoms with Crippen LogP contribution in [0.15, 0.2) is 6.20 Å². The lowest BCUT2D eigenvalue weighted by Crippen LogP contribution is -2.29. The van der Waals surface area contributed by atoms with Crippen LogP contribution in [0.1, 0.15) is 38.3 Å². The van der Waals surface area contributed by atoms with Gasteiger partial charge in [0.15, 0.2) is 0 Å². The summed E-state index contributed by atoms with van der Waals surface area (Å²) in [5, 5.41) is 20.2. The van der Waals surface area contributed by atoms with Crippen molar-refractivity contribution in [1.29, 1.82) is 0 Å². The third-order valence-corrected chi connectivity index (χ3v) is 3.58. The fourth-order valence-electron chi connectivity index (χ4n) is 2.53. The Balaban J connectivity index is 1.73. The number of nitrogens with one attached hydrogen (secondary N) is 1. The molecule has 0 aliphatic heterocycles. The third kappa shape index (κ3) is 3.51. The summed E-state index contributed by atoms with van der Waals surface area (Å²) in [6.07, 6.45) is 7.28. The Morgan fingerprint density at radius 2 is 2.24 bits per heavy atom. The molecule has 1 aromatic heterocycles. The number of aromatic nitrogens is 3. The summed E-state index contributed by atoms with van der Waals surface area (Å²) in [6, 6.07) is 0. The Morgan fingerprint density at radius 3 is 2.94 bits per heavy atom. The third-order valence-electron chi connectivity index (χ3n) is 3.58. The molecule has 0 bridgehead atoms. The minimum atomic E-state index is 0.105. The molecule has 0 unspecified atom stereocenters. The topological polar surface area (TPSA) is 63.0 Å². The van der Waals surface area contributed by atoms with Gasteiger partial charge in [0, 0.05) is 19.3 Å². The van der Waals surface area contributed by atoms with Crippen molar-refractivity contribution < 1.29 is 5.11 Å². The van der Waals surface area contributed by atoms with Gasteiger partial charge in [0.2, 0.25) is 0 Å². The van der Waals surface area contributed by atoms with E-state index < -0.39 is 0 Å². The first kappa shape index (κ1) is 12.5. The van der Waals surface area contributed by atoms with Gasteiger partial charge >= 0.3 is 0 Å². The van der Waals surface area contributed by atoms with Gasteiger partial charge in [0.05, 0.1) is 18.8 Å². The molecule has 0 amide bonds. The predicted molar refractivity (Wildman–Crippen MR) is 65.4 cm³/mol. The number of hydrogen-bond donors (Lipinski definition) is 2. The molecule has 2 N–H and O–H groups in total. The molecular formula is C12H22N4O. The second kappa shape index (κ2) is 5.60. The maximum absolute atomic E-state index is 8.78. The number of aliphatic hydroxyl groups is 1. The van der Waals surface area contributed by atoms with Crippen molar-refractivity contribution in [2.45, 2.75) is 45.7 Å². The zero-order chi connectivity index (χ0) is 12.1. The van der Waals surface area contributed by atoms with Gasteiger partial charge in [-0.3, -0.25) is 0 Å². The highest BCUT2D eigenvalue weighted by Crippen LogP contribution is 2.36. The Bertz CT molecular complexity index is 344. The highest BCUT2D eigenvalue weighted by molar-refractivity contribution is 4.92. The summed E-state index contributed by atoms with van der Waals surface area (Å²) < 4.78 is 1.67. The Morgan fingerprint density at radius 1 is 1.47 bits per heavy atom. The van der Waals surface area contributed by atoms with E-state index in [-0.39, 0.29) is 6.61 Å². The van der Waals surface area contributed by atoms with E-state index in [1.165, 1.54) is 25.7 Å². The van der Waals surface area contributed by atoms with Gasteiger partial charge in [-0.05, 0) is 18.3 Å². The Hall–Kier alpha value is -0.940. The molecule has 5 heteroatoms. The molecule has 0 saturated heterocycles. The number of nitrogens with zero attached hydrogens (tertiary/aromatic N) is 3. The lowest BCUT2D eigenvalue weighted by atomic mass is 9.89. The average molecular weight is 238 g/mol. The van der Waals surface area contributed by atoms with E-state index in [9.17, 15) is 0 Å². The standard InChI is InChI=1S/C12H22N4O/c1-12(4-2-3-5-12)10-13-8-11-9-16(6-7-17)15-14-11/h9,13,17H,2-8,10H2,1H3. The molecule has 2 rings (SSSR count). The van der Waals surface area contributed by atoms with E-state index in [0.717, 1.165) is 18.8 Å². The zero-order valence-corrected chi connectivity index (χ0v) is 10.5. The minimum Gasteiger partial charge on any atom is -0.394 e. The first-order valence-electron chi connectivity index (χ1n) is 6.42. The van der Waals surface area contributed by atoms with Crippen LogP contribution in [-0.2, 0) is 13.1 Å². The van der Waals surface area contributed by atoms with Gasteiger partial charge in [0.25, 0.3) is 0 Å². The number of aliphatic hydroxyl groups excluding tert-OH is 1. The van der Waals surface area contributed by atoms with Gasteiger partial charge in [-0.2, -0.15) is 0 Å². The van der Waals surface area contributed by atoms with Gasteiger partial charge < -0.3 is 10.4 Å². The molecule has 1 heterocycles. The van der Waals surface area contributed by atoms with Crippen LogP contribution in [0.2, 0.25) is 0 Å². The van der Waals surface area contributed by atoms with Crippen molar-refractivity contribution in [3.05, 3.63) is 11.9 Å². The van der Waals surface area contributed by atoms with E-state index in [1.54, 1.807) is 4.68 Å². The van der Waals surface area contributed by atoms with Crippen molar-refractivity contribution in [2.24, 2.45) is 5.41 Å². The summed E-state index contributed by atoms with van der Waals surface area (Å²) in [5.41, 5.74) is 1.42. The predicted octanol–water partition coefficient (Wildman–Crippen LogP) is 0.940. The molecule has 1 aliphatic carbocycles. The maximum Gasteiger partial charge on any atom is 0.0964 e. The van der Waals surface area contributed by atoms with Crippen molar-refractivity contribution >= 4 is 0 Å². The van der Waals surface area contributed by atoms with Crippen molar-refractivity contribution in [2.75, 3.05) is 13.2 Å². The van der Waals surface area contributed by atoms with E-state index in [2.05, 4.69) is 22.6 Å². The number of rotatable bonds is 6. The average Bonchev–Trinajstić information content (AvgIpc) is 2.90. The second-order valence-electron chi connectivity index (χ2n) is 5.32. The van der Waals surface area contributed by atoms with Crippen LogP contribution in [-0.4, -0.2) is 33.3 Å². The summed E-state index contributed by atoms with van der Waals surface area (Å²) >= 11 is 0. The second-order valence-corrected chi connectivity index (χ2v) is 5.32. The highest BCUT2D eigenvalue weighted by atomic mass is 16.3. The van der Waals surface area contributed by atoms with E-state index >= 15 is 0 Å². The van der Waals surface area contributed by atoms with Crippen LogP contribution in [0, 0.1) is 5.41 Å². The fraction of sp³-hybridized carbons (Fsp3) is 0.833. The van der Waals surface area contributed by atoms with Gasteiger partial charge in [0.1, 0.15) is 0 Å². The lowest BCUT2D eigenvalue weighted by molar-refractivity contribution is 0.268. The molecule has 0 radical (unpaired) electrons. The van der Waals surface area contributed by atoms with Crippen molar-refractivity contribution in [1.82, 2.24) is 20.3 Å². The Kier molecular flexibility index (Phi) is 4.12. The van der Waals surface area contributed by atoms with Crippen LogP contribution in [0.3, 0.4) is 0 Å². The summed E-state index contributed by atoms with van der Waals surface area (Å²) in [7, 11) is 0. The first-order valence-corrected chi connectivity index (χ1v) is 6.42. The van der Waals surface area contributed by atoms with Crippen LogP contribution in [0.5, 0.6) is 0 Å². The van der Waals surface area contributed by atoms with Gasteiger partial charge in [-0.25, -0.2) is 4.68 Å². The molecule has 0 aromatic carbocycles.